The molecule has 2 N–H and O–H groups in total. The van der Waals surface area contributed by atoms with Crippen LogP contribution in [0.1, 0.15) is 40.9 Å². The molecule has 0 unspecified atom stereocenters. The lowest BCUT2D eigenvalue weighted by Gasteiger charge is -2.00. The Bertz CT molecular complexity index is 625. The molecule has 2 aromatic heterocycles. The van der Waals surface area contributed by atoms with E-state index in [1.807, 2.05) is 0 Å². The second-order valence-electron chi connectivity index (χ2n) is 4.50. The Morgan fingerprint density at radius 1 is 1.53 bits per heavy atom. The second kappa shape index (κ2) is 4.72. The molecule has 98 valence electrons. The summed E-state index contributed by atoms with van der Waals surface area (Å²) in [5, 5.41) is 11.0. The maximum atomic E-state index is 12.0. The molecule has 0 radical (unpaired) electrons. The molecule has 3 rings (SSSR count). The van der Waals surface area contributed by atoms with E-state index in [2.05, 4.69) is 20.7 Å². The molecule has 0 saturated heterocycles. The molecule has 0 atom stereocenters. The van der Waals surface area contributed by atoms with Crippen LogP contribution in [0.2, 0.25) is 0 Å². The summed E-state index contributed by atoms with van der Waals surface area (Å²) >= 11 is 0. The van der Waals surface area contributed by atoms with Gasteiger partial charge in [0.15, 0.2) is 5.69 Å². The van der Waals surface area contributed by atoms with Gasteiger partial charge in [-0.25, -0.2) is 5.43 Å². The van der Waals surface area contributed by atoms with Crippen LogP contribution in [0, 0.1) is 0 Å². The molecule has 19 heavy (non-hydrogen) atoms. The first-order chi connectivity index (χ1) is 9.25. The fourth-order valence-electron chi connectivity index (χ4n) is 2.23. The predicted molar refractivity (Wildman–Crippen MR) is 69.0 cm³/mol. The topological polar surface area (TPSA) is 83.3 Å². The zero-order chi connectivity index (χ0) is 13.2. The number of aryl methyl sites for hydroxylation is 1. The molecular weight excluding hydrogens is 244 g/mol. The van der Waals surface area contributed by atoms with Crippen LogP contribution in [0.15, 0.2) is 27.9 Å². The van der Waals surface area contributed by atoms with Crippen molar-refractivity contribution >= 4 is 11.6 Å². The van der Waals surface area contributed by atoms with E-state index in [-0.39, 0.29) is 5.91 Å². The van der Waals surface area contributed by atoms with Crippen LogP contribution in [-0.4, -0.2) is 21.8 Å². The molecule has 2 heterocycles. The van der Waals surface area contributed by atoms with Gasteiger partial charge in [-0.2, -0.15) is 10.2 Å². The van der Waals surface area contributed by atoms with E-state index >= 15 is 0 Å². The Kier molecular flexibility index (Phi) is 2.91. The number of hydrogen-bond donors (Lipinski definition) is 2. The summed E-state index contributed by atoms with van der Waals surface area (Å²) in [6.07, 6.45) is 4.50. The number of furan rings is 1. The number of hydrogen-bond acceptors (Lipinski definition) is 4. The van der Waals surface area contributed by atoms with Crippen molar-refractivity contribution in [3.63, 3.8) is 0 Å². The van der Waals surface area contributed by atoms with Gasteiger partial charge in [0.05, 0.1) is 6.26 Å². The summed E-state index contributed by atoms with van der Waals surface area (Å²) < 4.78 is 5.19. The number of aromatic nitrogens is 2. The first-order valence-corrected chi connectivity index (χ1v) is 6.20. The van der Waals surface area contributed by atoms with Crippen LogP contribution >= 0.6 is 0 Å². The molecule has 6 heteroatoms. The molecule has 1 aliphatic carbocycles. The first-order valence-electron chi connectivity index (χ1n) is 6.20. The molecule has 0 saturated carbocycles. The number of carbonyl (C=O) groups excluding carboxylic acids is 1. The van der Waals surface area contributed by atoms with Crippen molar-refractivity contribution < 1.29 is 9.21 Å². The largest absolute Gasteiger partial charge is 0.463 e. The standard InChI is InChI=1S/C13H14N4O2/c1-8(11-6-3-7-19-11)14-17-13(18)12-9-4-2-5-10(9)15-16-12/h3,6-7H,2,4-5H2,1H3,(H,15,16)(H,17,18). The highest BCUT2D eigenvalue weighted by Gasteiger charge is 2.22. The van der Waals surface area contributed by atoms with E-state index in [1.54, 1.807) is 25.3 Å². The molecule has 0 spiro atoms. The fourth-order valence-corrected chi connectivity index (χ4v) is 2.23. The zero-order valence-electron chi connectivity index (χ0n) is 10.6. The number of nitrogens with zero attached hydrogens (tertiary/aromatic N) is 2. The average Bonchev–Trinajstić information content (AvgIpc) is 3.10. The summed E-state index contributed by atoms with van der Waals surface area (Å²) in [4.78, 5) is 12.0. The maximum absolute atomic E-state index is 12.0. The molecule has 0 aliphatic heterocycles. The van der Waals surface area contributed by atoms with Gasteiger partial charge in [-0.1, -0.05) is 0 Å². The van der Waals surface area contributed by atoms with Crippen LogP contribution in [0.3, 0.4) is 0 Å². The highest BCUT2D eigenvalue weighted by atomic mass is 16.3. The van der Waals surface area contributed by atoms with Crippen LogP contribution in [0.4, 0.5) is 0 Å². The number of rotatable bonds is 3. The third-order valence-electron chi connectivity index (χ3n) is 3.22. The van der Waals surface area contributed by atoms with Crippen LogP contribution in [0.5, 0.6) is 0 Å². The SMILES string of the molecule is CC(=NNC(=O)c1n[nH]c2c1CCC2)c1ccco1. The Morgan fingerprint density at radius 2 is 2.42 bits per heavy atom. The third kappa shape index (κ3) is 2.16. The minimum atomic E-state index is -0.287. The number of hydrazone groups is 1. The predicted octanol–water partition coefficient (Wildman–Crippen LogP) is 1.65. The van der Waals surface area contributed by atoms with E-state index in [4.69, 9.17) is 4.42 Å². The zero-order valence-corrected chi connectivity index (χ0v) is 10.6. The van der Waals surface area contributed by atoms with Gasteiger partial charge >= 0.3 is 0 Å². The van der Waals surface area contributed by atoms with Gasteiger partial charge in [0.2, 0.25) is 0 Å². The second-order valence-corrected chi connectivity index (χ2v) is 4.50. The van der Waals surface area contributed by atoms with Crippen molar-refractivity contribution in [2.45, 2.75) is 26.2 Å². The number of nitrogens with one attached hydrogen (secondary N) is 2. The van der Waals surface area contributed by atoms with Crippen molar-refractivity contribution in [3.8, 4) is 0 Å². The van der Waals surface area contributed by atoms with Crippen molar-refractivity contribution in [2.75, 3.05) is 0 Å². The van der Waals surface area contributed by atoms with E-state index in [9.17, 15) is 4.79 Å². The molecule has 0 fully saturated rings. The Hall–Kier alpha value is -2.37. The molecular formula is C13H14N4O2. The molecule has 6 nitrogen and oxygen atoms in total. The van der Waals surface area contributed by atoms with Crippen molar-refractivity contribution in [1.82, 2.24) is 15.6 Å². The molecule has 0 aromatic carbocycles. The lowest BCUT2D eigenvalue weighted by molar-refractivity contribution is 0.0949. The van der Waals surface area contributed by atoms with E-state index in [0.717, 1.165) is 30.5 Å². The number of fused-ring (bicyclic) bond motifs is 1. The minimum Gasteiger partial charge on any atom is -0.463 e. The van der Waals surface area contributed by atoms with Crippen molar-refractivity contribution in [1.29, 1.82) is 0 Å². The van der Waals surface area contributed by atoms with Crippen LogP contribution < -0.4 is 5.43 Å². The monoisotopic (exact) mass is 258 g/mol. The average molecular weight is 258 g/mol. The van der Waals surface area contributed by atoms with Crippen molar-refractivity contribution in [2.24, 2.45) is 5.10 Å². The summed E-state index contributed by atoms with van der Waals surface area (Å²) in [5.74, 6) is 0.345. The summed E-state index contributed by atoms with van der Waals surface area (Å²) in [7, 11) is 0. The normalized spacial score (nSPS) is 14.5. The van der Waals surface area contributed by atoms with E-state index in [1.165, 1.54) is 0 Å². The van der Waals surface area contributed by atoms with Gasteiger partial charge in [-0.3, -0.25) is 9.89 Å². The van der Waals surface area contributed by atoms with E-state index in [0.29, 0.717) is 17.2 Å². The summed E-state index contributed by atoms with van der Waals surface area (Å²) in [6.45, 7) is 1.77. The quantitative estimate of drug-likeness (QED) is 0.648. The number of H-pyrrole nitrogens is 1. The summed E-state index contributed by atoms with van der Waals surface area (Å²) in [6, 6.07) is 3.56. The highest BCUT2D eigenvalue weighted by Crippen LogP contribution is 2.22. The summed E-state index contributed by atoms with van der Waals surface area (Å²) in [5.41, 5.74) is 5.66. The molecule has 2 aromatic rings. The molecule has 1 aliphatic rings. The molecule has 1 amide bonds. The van der Waals surface area contributed by atoms with Gasteiger partial charge in [0, 0.05) is 11.3 Å². The lowest BCUT2D eigenvalue weighted by Crippen LogP contribution is -2.20. The first kappa shape index (κ1) is 11.7. The van der Waals surface area contributed by atoms with Crippen LogP contribution in [0.25, 0.3) is 0 Å². The number of carbonyl (C=O) groups is 1. The van der Waals surface area contributed by atoms with Gasteiger partial charge in [-0.05, 0) is 38.3 Å². The van der Waals surface area contributed by atoms with Gasteiger partial charge in [0.1, 0.15) is 11.5 Å². The third-order valence-corrected chi connectivity index (χ3v) is 3.22. The number of aromatic amines is 1. The fraction of sp³-hybridized carbons (Fsp3) is 0.308. The van der Waals surface area contributed by atoms with Gasteiger partial charge in [-0.15, -0.1) is 0 Å². The Morgan fingerprint density at radius 3 is 3.21 bits per heavy atom. The maximum Gasteiger partial charge on any atom is 0.292 e. The lowest BCUT2D eigenvalue weighted by atomic mass is 10.2. The number of amides is 1. The molecule has 0 bridgehead atoms. The van der Waals surface area contributed by atoms with Gasteiger partial charge in [0.25, 0.3) is 5.91 Å². The van der Waals surface area contributed by atoms with E-state index < -0.39 is 0 Å². The Labute approximate surface area is 109 Å². The van der Waals surface area contributed by atoms with Gasteiger partial charge < -0.3 is 4.42 Å². The highest BCUT2D eigenvalue weighted by molar-refractivity contribution is 5.99. The van der Waals surface area contributed by atoms with Crippen molar-refractivity contribution in [3.05, 3.63) is 41.1 Å². The smallest absolute Gasteiger partial charge is 0.292 e. The Balaban J connectivity index is 1.73. The minimum absolute atomic E-state index is 0.287. The van der Waals surface area contributed by atoms with Crippen LogP contribution in [-0.2, 0) is 12.8 Å².